The zero-order chi connectivity index (χ0) is 17.1. The summed E-state index contributed by atoms with van der Waals surface area (Å²) in [5, 5.41) is 0. The Balaban J connectivity index is 1.85. The molecule has 1 aromatic carbocycles. The van der Waals surface area contributed by atoms with Gasteiger partial charge in [0, 0.05) is 12.1 Å². The summed E-state index contributed by atoms with van der Waals surface area (Å²) >= 11 is 0. The SMILES string of the molecule is O=C1OCCCN1Cc1cncc(-c2ccc(F)c(C(F)F)c2)n1. The van der Waals surface area contributed by atoms with Gasteiger partial charge in [-0.05, 0) is 24.6 Å². The van der Waals surface area contributed by atoms with E-state index in [1.54, 1.807) is 0 Å². The van der Waals surface area contributed by atoms with Gasteiger partial charge in [0.1, 0.15) is 5.82 Å². The number of amides is 1. The molecular weight excluding hydrogens is 323 g/mol. The van der Waals surface area contributed by atoms with Crippen LogP contribution in [0.4, 0.5) is 18.0 Å². The molecule has 3 rings (SSSR count). The Morgan fingerprint density at radius 1 is 1.29 bits per heavy atom. The van der Waals surface area contributed by atoms with Gasteiger partial charge >= 0.3 is 6.09 Å². The van der Waals surface area contributed by atoms with Gasteiger partial charge in [0.2, 0.25) is 0 Å². The van der Waals surface area contributed by atoms with E-state index in [0.29, 0.717) is 30.1 Å². The van der Waals surface area contributed by atoms with Crippen LogP contribution in [-0.4, -0.2) is 34.1 Å². The van der Waals surface area contributed by atoms with Crippen LogP contribution >= 0.6 is 0 Å². The summed E-state index contributed by atoms with van der Waals surface area (Å²) in [6.07, 6.45) is 0.289. The molecule has 1 aliphatic heterocycles. The summed E-state index contributed by atoms with van der Waals surface area (Å²) in [6.45, 7) is 1.16. The lowest BCUT2D eigenvalue weighted by Crippen LogP contribution is -2.37. The molecule has 0 saturated carbocycles. The average Bonchev–Trinajstić information content (AvgIpc) is 2.57. The topological polar surface area (TPSA) is 55.3 Å². The van der Waals surface area contributed by atoms with E-state index in [4.69, 9.17) is 4.74 Å². The first-order chi connectivity index (χ1) is 11.5. The van der Waals surface area contributed by atoms with Gasteiger partial charge in [-0.3, -0.25) is 4.98 Å². The van der Waals surface area contributed by atoms with Crippen LogP contribution in [0.15, 0.2) is 30.6 Å². The molecule has 2 heterocycles. The second-order valence-electron chi connectivity index (χ2n) is 5.32. The van der Waals surface area contributed by atoms with E-state index in [1.165, 1.54) is 23.4 Å². The Bertz CT molecular complexity index is 755. The number of benzene rings is 1. The number of alkyl halides is 2. The number of carbonyl (C=O) groups excluding carboxylic acids is 1. The molecule has 1 saturated heterocycles. The van der Waals surface area contributed by atoms with Crippen molar-refractivity contribution in [3.8, 4) is 11.3 Å². The highest BCUT2D eigenvalue weighted by atomic mass is 19.3. The van der Waals surface area contributed by atoms with Crippen LogP contribution in [0.1, 0.15) is 24.1 Å². The largest absolute Gasteiger partial charge is 0.449 e. The van der Waals surface area contributed by atoms with Gasteiger partial charge in [0.15, 0.2) is 0 Å². The standard InChI is InChI=1S/C16H14F3N3O2/c17-13-3-2-10(6-12(13)15(18)19)14-8-20-7-11(21-14)9-22-4-1-5-24-16(22)23/h2-3,6-8,15H,1,4-5,9H2. The Kier molecular flexibility index (Phi) is 4.64. The number of ether oxygens (including phenoxy) is 1. The molecule has 1 amide bonds. The minimum atomic E-state index is -2.91. The van der Waals surface area contributed by atoms with Crippen molar-refractivity contribution in [1.29, 1.82) is 0 Å². The van der Waals surface area contributed by atoms with Gasteiger partial charge in [-0.25, -0.2) is 22.9 Å². The normalized spacial score (nSPS) is 14.8. The van der Waals surface area contributed by atoms with Crippen LogP contribution in [0.25, 0.3) is 11.3 Å². The van der Waals surface area contributed by atoms with E-state index in [0.717, 1.165) is 18.6 Å². The first kappa shape index (κ1) is 16.2. The molecule has 0 radical (unpaired) electrons. The number of hydrogen-bond acceptors (Lipinski definition) is 4. The van der Waals surface area contributed by atoms with E-state index in [2.05, 4.69) is 9.97 Å². The Labute approximate surface area is 136 Å². The highest BCUT2D eigenvalue weighted by molar-refractivity contribution is 5.68. The quantitative estimate of drug-likeness (QED) is 0.856. The van der Waals surface area contributed by atoms with Gasteiger partial charge in [0.05, 0.1) is 42.5 Å². The monoisotopic (exact) mass is 337 g/mol. The number of hydrogen-bond donors (Lipinski definition) is 0. The Morgan fingerprint density at radius 3 is 2.88 bits per heavy atom. The third-order valence-corrected chi connectivity index (χ3v) is 3.62. The van der Waals surface area contributed by atoms with Gasteiger partial charge in [-0.2, -0.15) is 0 Å². The molecule has 1 aliphatic rings. The predicted octanol–water partition coefficient (Wildman–Crippen LogP) is 3.56. The summed E-state index contributed by atoms with van der Waals surface area (Å²) < 4.78 is 44.0. The Hall–Kier alpha value is -2.64. The molecule has 0 unspecified atom stereocenters. The molecule has 8 heteroatoms. The van der Waals surface area contributed by atoms with Crippen LogP contribution in [0.5, 0.6) is 0 Å². The zero-order valence-electron chi connectivity index (χ0n) is 12.6. The Morgan fingerprint density at radius 2 is 2.12 bits per heavy atom. The van der Waals surface area contributed by atoms with Crippen molar-refractivity contribution in [3.63, 3.8) is 0 Å². The van der Waals surface area contributed by atoms with Crippen LogP contribution in [0, 0.1) is 5.82 Å². The van der Waals surface area contributed by atoms with E-state index in [9.17, 15) is 18.0 Å². The predicted molar refractivity (Wildman–Crippen MR) is 78.8 cm³/mol. The lowest BCUT2D eigenvalue weighted by atomic mass is 10.1. The minimum absolute atomic E-state index is 0.211. The highest BCUT2D eigenvalue weighted by Gasteiger charge is 2.20. The summed E-state index contributed by atoms with van der Waals surface area (Å²) in [6, 6.07) is 3.40. The number of rotatable bonds is 4. The molecule has 0 N–H and O–H groups in total. The second-order valence-corrected chi connectivity index (χ2v) is 5.32. The maximum atomic E-state index is 13.4. The average molecular weight is 337 g/mol. The van der Waals surface area contributed by atoms with Crippen molar-refractivity contribution in [2.45, 2.75) is 19.4 Å². The number of cyclic esters (lactones) is 1. The van der Waals surface area contributed by atoms with Crippen molar-refractivity contribution in [2.75, 3.05) is 13.2 Å². The van der Waals surface area contributed by atoms with E-state index in [-0.39, 0.29) is 6.54 Å². The van der Waals surface area contributed by atoms with Crippen LogP contribution < -0.4 is 0 Å². The van der Waals surface area contributed by atoms with Gasteiger partial charge in [0.25, 0.3) is 6.43 Å². The maximum absolute atomic E-state index is 13.4. The summed E-state index contributed by atoms with van der Waals surface area (Å²) in [5.41, 5.74) is 0.482. The summed E-state index contributed by atoms with van der Waals surface area (Å²) in [4.78, 5) is 21.5. The first-order valence-corrected chi connectivity index (χ1v) is 7.35. The van der Waals surface area contributed by atoms with Crippen molar-refractivity contribution in [3.05, 3.63) is 47.7 Å². The van der Waals surface area contributed by atoms with E-state index < -0.39 is 23.9 Å². The fraction of sp³-hybridized carbons (Fsp3) is 0.312. The van der Waals surface area contributed by atoms with Crippen LogP contribution in [-0.2, 0) is 11.3 Å². The molecule has 0 atom stereocenters. The molecule has 24 heavy (non-hydrogen) atoms. The van der Waals surface area contributed by atoms with Crippen LogP contribution in [0.2, 0.25) is 0 Å². The summed E-state index contributed by atoms with van der Waals surface area (Å²) in [7, 11) is 0. The lowest BCUT2D eigenvalue weighted by Gasteiger charge is -2.25. The first-order valence-electron chi connectivity index (χ1n) is 7.35. The third-order valence-electron chi connectivity index (χ3n) is 3.62. The molecular formula is C16H14F3N3O2. The minimum Gasteiger partial charge on any atom is -0.449 e. The fourth-order valence-electron chi connectivity index (χ4n) is 2.43. The van der Waals surface area contributed by atoms with Gasteiger partial charge in [-0.1, -0.05) is 0 Å². The van der Waals surface area contributed by atoms with Gasteiger partial charge in [-0.15, -0.1) is 0 Å². The maximum Gasteiger partial charge on any atom is 0.410 e. The van der Waals surface area contributed by atoms with Crippen LogP contribution in [0.3, 0.4) is 0 Å². The number of carbonyl (C=O) groups is 1. The number of aromatic nitrogens is 2. The fourth-order valence-corrected chi connectivity index (χ4v) is 2.43. The smallest absolute Gasteiger partial charge is 0.410 e. The highest BCUT2D eigenvalue weighted by Crippen LogP contribution is 2.27. The number of nitrogens with zero attached hydrogens (tertiary/aromatic N) is 3. The molecule has 1 aromatic heterocycles. The second kappa shape index (κ2) is 6.86. The van der Waals surface area contributed by atoms with Crippen molar-refractivity contribution < 1.29 is 22.7 Å². The number of halogens is 3. The van der Waals surface area contributed by atoms with Crippen molar-refractivity contribution in [2.24, 2.45) is 0 Å². The molecule has 5 nitrogen and oxygen atoms in total. The van der Waals surface area contributed by atoms with Gasteiger partial charge < -0.3 is 9.64 Å². The molecule has 126 valence electrons. The van der Waals surface area contributed by atoms with Crippen molar-refractivity contribution >= 4 is 6.09 Å². The van der Waals surface area contributed by atoms with E-state index in [1.807, 2.05) is 0 Å². The summed E-state index contributed by atoms with van der Waals surface area (Å²) in [5.74, 6) is -0.964. The molecule has 1 fully saturated rings. The molecule has 2 aromatic rings. The van der Waals surface area contributed by atoms with Crippen molar-refractivity contribution in [1.82, 2.24) is 14.9 Å². The molecule has 0 spiro atoms. The van der Waals surface area contributed by atoms with E-state index >= 15 is 0 Å². The lowest BCUT2D eigenvalue weighted by molar-refractivity contribution is 0.0695. The zero-order valence-corrected chi connectivity index (χ0v) is 12.6. The third kappa shape index (κ3) is 3.47. The molecule has 0 aliphatic carbocycles. The molecule has 0 bridgehead atoms.